The minimum atomic E-state index is -0.736. The maximum Gasteiger partial charge on any atom is 0.307 e. The Hall–Kier alpha value is -1.32. The standard InChI is InChI=1S/C10H13NO3/c1-5-6(4-11-14-5)7-8(9(12)13)10(7,2)3/h4,7-8H,1-3H3,(H,12,13)/t7-,8+/m0/s1. The molecule has 1 aromatic rings. The molecule has 1 N–H and O–H groups in total. The molecule has 0 aromatic carbocycles. The van der Waals surface area contributed by atoms with Crippen molar-refractivity contribution in [2.75, 3.05) is 0 Å². The lowest BCUT2D eigenvalue weighted by Gasteiger charge is -1.98. The highest BCUT2D eigenvalue weighted by Crippen LogP contribution is 2.64. The van der Waals surface area contributed by atoms with Crippen LogP contribution in [-0.4, -0.2) is 16.2 Å². The van der Waals surface area contributed by atoms with Crippen molar-refractivity contribution in [2.24, 2.45) is 11.3 Å². The Kier molecular flexibility index (Phi) is 1.71. The maximum absolute atomic E-state index is 10.9. The highest BCUT2D eigenvalue weighted by molar-refractivity contribution is 5.77. The molecular formula is C10H13NO3. The number of carboxylic acids is 1. The molecule has 2 rings (SSSR count). The molecule has 1 saturated carbocycles. The van der Waals surface area contributed by atoms with Crippen LogP contribution in [0, 0.1) is 18.3 Å². The van der Waals surface area contributed by atoms with Crippen LogP contribution in [0.3, 0.4) is 0 Å². The quantitative estimate of drug-likeness (QED) is 0.781. The number of rotatable bonds is 2. The van der Waals surface area contributed by atoms with Gasteiger partial charge in [0.05, 0.1) is 12.1 Å². The molecule has 14 heavy (non-hydrogen) atoms. The lowest BCUT2D eigenvalue weighted by atomic mass is 10.0. The Morgan fingerprint density at radius 1 is 1.64 bits per heavy atom. The van der Waals surface area contributed by atoms with Crippen molar-refractivity contribution in [3.63, 3.8) is 0 Å². The van der Waals surface area contributed by atoms with Crippen LogP contribution in [0.4, 0.5) is 0 Å². The van der Waals surface area contributed by atoms with Crippen molar-refractivity contribution in [3.8, 4) is 0 Å². The van der Waals surface area contributed by atoms with Crippen LogP contribution in [0.1, 0.15) is 31.1 Å². The number of carbonyl (C=O) groups is 1. The van der Waals surface area contributed by atoms with E-state index >= 15 is 0 Å². The molecule has 0 saturated heterocycles. The van der Waals surface area contributed by atoms with Crippen molar-refractivity contribution in [3.05, 3.63) is 17.5 Å². The average molecular weight is 195 g/mol. The Bertz CT molecular complexity index is 380. The first-order valence-electron chi connectivity index (χ1n) is 4.60. The normalized spacial score (nSPS) is 28.8. The molecule has 0 spiro atoms. The lowest BCUT2D eigenvalue weighted by Crippen LogP contribution is -2.03. The molecule has 1 fully saturated rings. The summed E-state index contributed by atoms with van der Waals surface area (Å²) in [6, 6.07) is 0. The van der Waals surface area contributed by atoms with E-state index < -0.39 is 5.97 Å². The first kappa shape index (κ1) is 9.24. The average Bonchev–Trinajstić information content (AvgIpc) is 2.42. The van der Waals surface area contributed by atoms with Gasteiger partial charge in [0.25, 0.3) is 0 Å². The van der Waals surface area contributed by atoms with E-state index in [9.17, 15) is 4.79 Å². The van der Waals surface area contributed by atoms with Gasteiger partial charge in [-0.2, -0.15) is 0 Å². The van der Waals surface area contributed by atoms with Crippen LogP contribution in [0.25, 0.3) is 0 Å². The molecule has 1 aliphatic rings. The van der Waals surface area contributed by atoms with E-state index in [4.69, 9.17) is 9.63 Å². The third-order valence-corrected chi connectivity index (χ3v) is 3.22. The summed E-state index contributed by atoms with van der Waals surface area (Å²) in [6.45, 7) is 5.74. The Balaban J connectivity index is 2.32. The van der Waals surface area contributed by atoms with Gasteiger partial charge >= 0.3 is 5.97 Å². The molecule has 0 radical (unpaired) electrons. The van der Waals surface area contributed by atoms with Crippen molar-refractivity contribution in [1.82, 2.24) is 5.16 Å². The molecule has 0 unspecified atom stereocenters. The summed E-state index contributed by atoms with van der Waals surface area (Å²) in [7, 11) is 0. The number of aryl methyl sites for hydroxylation is 1. The van der Waals surface area contributed by atoms with Crippen LogP contribution in [0.2, 0.25) is 0 Å². The fourth-order valence-electron chi connectivity index (χ4n) is 2.28. The monoisotopic (exact) mass is 195 g/mol. The second kappa shape index (κ2) is 2.59. The number of hydrogen-bond acceptors (Lipinski definition) is 3. The molecular weight excluding hydrogens is 182 g/mol. The molecule has 0 amide bonds. The van der Waals surface area contributed by atoms with E-state index in [1.807, 2.05) is 20.8 Å². The zero-order valence-electron chi connectivity index (χ0n) is 8.44. The summed E-state index contributed by atoms with van der Waals surface area (Å²) >= 11 is 0. The van der Waals surface area contributed by atoms with E-state index in [-0.39, 0.29) is 17.3 Å². The van der Waals surface area contributed by atoms with Crippen LogP contribution >= 0.6 is 0 Å². The highest BCUT2D eigenvalue weighted by atomic mass is 16.5. The minimum absolute atomic E-state index is 0.0475. The number of nitrogens with zero attached hydrogens (tertiary/aromatic N) is 1. The van der Waals surface area contributed by atoms with Gasteiger partial charge in [-0.05, 0) is 12.3 Å². The number of aliphatic carboxylic acids is 1. The lowest BCUT2D eigenvalue weighted by molar-refractivity contribution is -0.139. The second-order valence-corrected chi connectivity index (χ2v) is 4.45. The van der Waals surface area contributed by atoms with E-state index in [2.05, 4.69) is 5.16 Å². The van der Waals surface area contributed by atoms with Gasteiger partial charge in [0, 0.05) is 11.5 Å². The molecule has 2 atom stereocenters. The van der Waals surface area contributed by atoms with Crippen molar-refractivity contribution < 1.29 is 14.4 Å². The third-order valence-electron chi connectivity index (χ3n) is 3.22. The fraction of sp³-hybridized carbons (Fsp3) is 0.600. The first-order chi connectivity index (χ1) is 6.46. The molecule has 1 aliphatic carbocycles. The van der Waals surface area contributed by atoms with E-state index in [1.165, 1.54) is 0 Å². The SMILES string of the molecule is Cc1oncc1[C@H]1[C@H](C(=O)O)C1(C)C. The second-order valence-electron chi connectivity index (χ2n) is 4.45. The predicted molar refractivity (Wildman–Crippen MR) is 48.9 cm³/mol. The first-order valence-corrected chi connectivity index (χ1v) is 4.60. The minimum Gasteiger partial charge on any atom is -0.481 e. The van der Waals surface area contributed by atoms with Gasteiger partial charge in [-0.25, -0.2) is 0 Å². The Morgan fingerprint density at radius 3 is 2.64 bits per heavy atom. The summed E-state index contributed by atoms with van der Waals surface area (Å²) < 4.78 is 4.94. The van der Waals surface area contributed by atoms with Crippen LogP contribution in [-0.2, 0) is 4.79 Å². The van der Waals surface area contributed by atoms with Gasteiger partial charge < -0.3 is 9.63 Å². The fourth-order valence-corrected chi connectivity index (χ4v) is 2.28. The molecule has 0 bridgehead atoms. The Labute approximate surface area is 81.9 Å². The van der Waals surface area contributed by atoms with E-state index in [0.717, 1.165) is 11.3 Å². The predicted octanol–water partition coefficient (Wildman–Crippen LogP) is 1.81. The molecule has 1 aromatic heterocycles. The third kappa shape index (κ3) is 1.06. The van der Waals surface area contributed by atoms with Crippen molar-refractivity contribution in [2.45, 2.75) is 26.7 Å². The molecule has 4 nitrogen and oxygen atoms in total. The zero-order valence-corrected chi connectivity index (χ0v) is 8.44. The largest absolute Gasteiger partial charge is 0.481 e. The van der Waals surface area contributed by atoms with Gasteiger partial charge in [-0.1, -0.05) is 19.0 Å². The number of aromatic nitrogens is 1. The molecule has 76 valence electrons. The van der Waals surface area contributed by atoms with Gasteiger partial charge in [0.2, 0.25) is 0 Å². The summed E-state index contributed by atoms with van der Waals surface area (Å²) in [4.78, 5) is 10.9. The maximum atomic E-state index is 10.9. The van der Waals surface area contributed by atoms with E-state index in [1.54, 1.807) is 6.20 Å². The smallest absolute Gasteiger partial charge is 0.307 e. The summed E-state index contributed by atoms with van der Waals surface area (Å²) in [5.74, 6) is -0.265. The zero-order chi connectivity index (χ0) is 10.5. The van der Waals surface area contributed by atoms with Crippen molar-refractivity contribution in [1.29, 1.82) is 0 Å². The molecule has 0 aliphatic heterocycles. The van der Waals surface area contributed by atoms with Crippen LogP contribution in [0.15, 0.2) is 10.7 Å². The van der Waals surface area contributed by atoms with Gasteiger partial charge in [0.1, 0.15) is 5.76 Å². The number of carboxylic acid groups (broad SMARTS) is 1. The highest BCUT2D eigenvalue weighted by Gasteiger charge is 2.63. The Morgan fingerprint density at radius 2 is 2.29 bits per heavy atom. The molecule has 1 heterocycles. The molecule has 4 heteroatoms. The van der Waals surface area contributed by atoms with Crippen LogP contribution < -0.4 is 0 Å². The summed E-state index contributed by atoms with van der Waals surface area (Å²) in [6.07, 6.45) is 1.63. The number of hydrogen-bond donors (Lipinski definition) is 1. The van der Waals surface area contributed by atoms with Crippen LogP contribution in [0.5, 0.6) is 0 Å². The van der Waals surface area contributed by atoms with Gasteiger partial charge in [0.15, 0.2) is 0 Å². The summed E-state index contributed by atoms with van der Waals surface area (Å²) in [5, 5.41) is 12.7. The van der Waals surface area contributed by atoms with E-state index in [0.29, 0.717) is 0 Å². The van der Waals surface area contributed by atoms with Crippen molar-refractivity contribution >= 4 is 5.97 Å². The van der Waals surface area contributed by atoms with Gasteiger partial charge in [-0.3, -0.25) is 4.79 Å². The summed E-state index contributed by atoms with van der Waals surface area (Å²) in [5.41, 5.74) is 0.754. The van der Waals surface area contributed by atoms with Gasteiger partial charge in [-0.15, -0.1) is 0 Å². The topological polar surface area (TPSA) is 63.3 Å².